The van der Waals surface area contributed by atoms with Crippen molar-refractivity contribution >= 4 is 23.5 Å². The Morgan fingerprint density at radius 1 is 0.974 bits per heavy atom. The number of hydrogen-bond donors (Lipinski definition) is 1. The van der Waals surface area contributed by atoms with Crippen LogP contribution in [0.5, 0.6) is 11.5 Å². The normalized spacial score (nSPS) is 11.7. The lowest BCUT2D eigenvalue weighted by atomic mass is 9.96. The minimum atomic E-state index is -1.06. The summed E-state index contributed by atoms with van der Waals surface area (Å²) >= 11 is 6.25. The van der Waals surface area contributed by atoms with Gasteiger partial charge < -0.3 is 19.0 Å². The number of ether oxygens (including phenoxy) is 2. The third-order valence-corrected chi connectivity index (χ3v) is 6.33. The van der Waals surface area contributed by atoms with Gasteiger partial charge in [-0.2, -0.15) is 0 Å². The number of oxazole rings is 1. The molecule has 1 N–H and O–H groups in total. The number of nitrogens with zero attached hydrogens (tertiary/aromatic N) is 1. The van der Waals surface area contributed by atoms with Crippen molar-refractivity contribution in [1.29, 1.82) is 0 Å². The number of aromatic nitrogens is 1. The summed E-state index contributed by atoms with van der Waals surface area (Å²) in [6.07, 6.45) is 0.462. The standard InChI is InChI=1S/C30H28ClNO6/c1-19-7-11-24(12-8-19)38-30(35)22(18-28(33)34)17-21-9-13-23(14-10-21)36-16-15-27-20(2)37-29(32-27)25-5-3-4-6-26(25)31/h3-14,22H,15-18H2,1-2H3,(H,33,34). The summed E-state index contributed by atoms with van der Waals surface area (Å²) in [5.41, 5.74) is 3.37. The molecule has 0 radical (unpaired) electrons. The second-order valence-corrected chi connectivity index (χ2v) is 9.38. The molecule has 0 saturated heterocycles. The minimum absolute atomic E-state index is 0.236. The molecule has 4 aromatic rings. The first-order valence-electron chi connectivity index (χ1n) is 12.2. The Balaban J connectivity index is 1.33. The van der Waals surface area contributed by atoms with Crippen LogP contribution in [0.4, 0.5) is 0 Å². The Kier molecular flexibility index (Phi) is 8.81. The van der Waals surface area contributed by atoms with E-state index in [1.165, 1.54) is 0 Å². The molecule has 0 amide bonds. The molecular formula is C30H28ClNO6. The van der Waals surface area contributed by atoms with Crippen molar-refractivity contribution in [1.82, 2.24) is 4.98 Å². The average Bonchev–Trinajstić information content (AvgIpc) is 3.26. The maximum absolute atomic E-state index is 12.7. The molecule has 38 heavy (non-hydrogen) atoms. The number of carboxylic acids is 1. The molecule has 4 rings (SSSR count). The van der Waals surface area contributed by atoms with Crippen molar-refractivity contribution in [3.63, 3.8) is 0 Å². The van der Waals surface area contributed by atoms with Crippen LogP contribution in [0.3, 0.4) is 0 Å². The van der Waals surface area contributed by atoms with Gasteiger partial charge in [0.05, 0.1) is 35.2 Å². The smallest absolute Gasteiger partial charge is 0.315 e. The van der Waals surface area contributed by atoms with E-state index in [2.05, 4.69) is 4.98 Å². The van der Waals surface area contributed by atoms with Crippen LogP contribution in [-0.2, 0) is 22.4 Å². The van der Waals surface area contributed by atoms with E-state index in [0.717, 1.165) is 22.4 Å². The maximum atomic E-state index is 12.7. The van der Waals surface area contributed by atoms with Crippen LogP contribution in [0, 0.1) is 19.8 Å². The summed E-state index contributed by atoms with van der Waals surface area (Å²) in [5.74, 6) is -0.222. The lowest BCUT2D eigenvalue weighted by molar-refractivity contribution is -0.146. The summed E-state index contributed by atoms with van der Waals surface area (Å²) in [7, 11) is 0. The molecule has 196 valence electrons. The summed E-state index contributed by atoms with van der Waals surface area (Å²) < 4.78 is 17.1. The zero-order valence-electron chi connectivity index (χ0n) is 21.1. The van der Waals surface area contributed by atoms with E-state index in [4.69, 9.17) is 25.5 Å². The van der Waals surface area contributed by atoms with E-state index < -0.39 is 17.9 Å². The molecule has 0 aliphatic rings. The second-order valence-electron chi connectivity index (χ2n) is 8.98. The molecule has 0 spiro atoms. The van der Waals surface area contributed by atoms with Crippen molar-refractivity contribution in [2.24, 2.45) is 5.92 Å². The fourth-order valence-corrected chi connectivity index (χ4v) is 4.15. The number of carbonyl (C=O) groups excluding carboxylic acids is 1. The number of hydrogen-bond acceptors (Lipinski definition) is 6. The number of benzene rings is 3. The van der Waals surface area contributed by atoms with E-state index in [-0.39, 0.29) is 12.8 Å². The van der Waals surface area contributed by atoms with Crippen LogP contribution in [-0.4, -0.2) is 28.6 Å². The molecule has 0 aliphatic carbocycles. The third kappa shape index (κ3) is 7.23. The van der Waals surface area contributed by atoms with Gasteiger partial charge in [-0.15, -0.1) is 0 Å². The summed E-state index contributed by atoms with van der Waals surface area (Å²) in [4.78, 5) is 28.6. The van der Waals surface area contributed by atoms with Crippen LogP contribution in [0.15, 0.2) is 77.2 Å². The molecule has 0 saturated carbocycles. The highest BCUT2D eigenvalue weighted by atomic mass is 35.5. The van der Waals surface area contributed by atoms with Crippen LogP contribution in [0.1, 0.15) is 29.0 Å². The van der Waals surface area contributed by atoms with Gasteiger partial charge in [0.2, 0.25) is 5.89 Å². The third-order valence-electron chi connectivity index (χ3n) is 6.00. The molecule has 0 aliphatic heterocycles. The highest BCUT2D eigenvalue weighted by Crippen LogP contribution is 2.28. The minimum Gasteiger partial charge on any atom is -0.493 e. The summed E-state index contributed by atoms with van der Waals surface area (Å²) in [6, 6.07) is 21.6. The fraction of sp³-hybridized carbons (Fsp3) is 0.233. The topological polar surface area (TPSA) is 98.9 Å². The van der Waals surface area contributed by atoms with Crippen LogP contribution in [0.25, 0.3) is 11.5 Å². The van der Waals surface area contributed by atoms with Crippen molar-refractivity contribution in [3.8, 4) is 23.0 Å². The average molecular weight is 534 g/mol. The Morgan fingerprint density at radius 2 is 1.66 bits per heavy atom. The van der Waals surface area contributed by atoms with E-state index in [1.807, 2.05) is 56.3 Å². The van der Waals surface area contributed by atoms with Gasteiger partial charge in [-0.1, -0.05) is 53.6 Å². The first-order chi connectivity index (χ1) is 18.3. The van der Waals surface area contributed by atoms with E-state index in [9.17, 15) is 14.7 Å². The van der Waals surface area contributed by atoms with Crippen molar-refractivity contribution < 1.29 is 28.6 Å². The number of aryl methyl sites for hydroxylation is 2. The number of halogens is 1. The Hall–Kier alpha value is -4.10. The van der Waals surface area contributed by atoms with E-state index in [1.54, 1.807) is 30.3 Å². The lowest BCUT2D eigenvalue weighted by Gasteiger charge is -2.15. The zero-order valence-corrected chi connectivity index (χ0v) is 21.9. The SMILES string of the molecule is Cc1ccc(OC(=O)C(CC(=O)O)Cc2ccc(OCCc3nc(-c4ccccc4Cl)oc3C)cc2)cc1. The molecule has 3 aromatic carbocycles. The van der Waals surface area contributed by atoms with Crippen molar-refractivity contribution in [3.05, 3.63) is 100 Å². The first kappa shape index (κ1) is 26.9. The van der Waals surface area contributed by atoms with Crippen molar-refractivity contribution in [2.45, 2.75) is 33.1 Å². The number of carboxylic acid groups (broad SMARTS) is 1. The Morgan fingerprint density at radius 3 is 2.34 bits per heavy atom. The van der Waals surface area contributed by atoms with Gasteiger partial charge in [-0.05, 0) is 62.2 Å². The Labute approximate surface area is 226 Å². The summed E-state index contributed by atoms with van der Waals surface area (Å²) in [6.45, 7) is 4.17. The molecule has 0 bridgehead atoms. The van der Waals surface area contributed by atoms with Crippen LogP contribution in [0.2, 0.25) is 5.02 Å². The molecule has 0 fully saturated rings. The number of carbonyl (C=O) groups is 2. The highest BCUT2D eigenvalue weighted by Gasteiger charge is 2.24. The molecular weight excluding hydrogens is 506 g/mol. The fourth-order valence-electron chi connectivity index (χ4n) is 3.94. The molecule has 7 nitrogen and oxygen atoms in total. The van der Waals surface area contributed by atoms with E-state index >= 15 is 0 Å². The largest absolute Gasteiger partial charge is 0.493 e. The lowest BCUT2D eigenvalue weighted by Crippen LogP contribution is -2.25. The molecule has 1 heterocycles. The first-order valence-corrected chi connectivity index (χ1v) is 12.6. The monoisotopic (exact) mass is 533 g/mol. The molecule has 1 atom stereocenters. The highest BCUT2D eigenvalue weighted by molar-refractivity contribution is 6.33. The molecule has 8 heteroatoms. The van der Waals surface area contributed by atoms with Gasteiger partial charge in [-0.25, -0.2) is 4.98 Å². The van der Waals surface area contributed by atoms with Gasteiger partial charge in [0.1, 0.15) is 17.3 Å². The van der Waals surface area contributed by atoms with Gasteiger partial charge in [0, 0.05) is 6.42 Å². The van der Waals surface area contributed by atoms with Crippen LogP contribution >= 0.6 is 11.6 Å². The van der Waals surface area contributed by atoms with Gasteiger partial charge in [-0.3, -0.25) is 9.59 Å². The molecule has 1 aromatic heterocycles. The number of esters is 1. The zero-order chi connectivity index (χ0) is 27.1. The molecule has 1 unspecified atom stereocenters. The van der Waals surface area contributed by atoms with Gasteiger partial charge in [0.25, 0.3) is 0 Å². The summed E-state index contributed by atoms with van der Waals surface area (Å²) in [5, 5.41) is 9.88. The van der Waals surface area contributed by atoms with Gasteiger partial charge in [0.15, 0.2) is 0 Å². The predicted octanol–water partition coefficient (Wildman–Crippen LogP) is 6.47. The predicted molar refractivity (Wildman–Crippen MR) is 144 cm³/mol. The van der Waals surface area contributed by atoms with Crippen LogP contribution < -0.4 is 9.47 Å². The Bertz CT molecular complexity index is 1400. The van der Waals surface area contributed by atoms with Gasteiger partial charge >= 0.3 is 11.9 Å². The maximum Gasteiger partial charge on any atom is 0.315 e. The number of aliphatic carboxylic acids is 1. The van der Waals surface area contributed by atoms with E-state index in [0.29, 0.717) is 41.2 Å². The second kappa shape index (κ2) is 12.4. The number of rotatable bonds is 11. The quantitative estimate of drug-likeness (QED) is 0.174. The van der Waals surface area contributed by atoms with Crippen molar-refractivity contribution in [2.75, 3.05) is 6.61 Å².